The molecule has 0 radical (unpaired) electrons. The van der Waals surface area contributed by atoms with E-state index in [2.05, 4.69) is 16.4 Å². The summed E-state index contributed by atoms with van der Waals surface area (Å²) in [6.45, 7) is 5.56. The van der Waals surface area contributed by atoms with Gasteiger partial charge in [-0.3, -0.25) is 4.99 Å². The van der Waals surface area contributed by atoms with E-state index in [0.29, 0.717) is 0 Å². The summed E-state index contributed by atoms with van der Waals surface area (Å²) in [6, 6.07) is 0. The molecule has 96 valence electrons. The van der Waals surface area contributed by atoms with Gasteiger partial charge in [0.15, 0.2) is 0 Å². The summed E-state index contributed by atoms with van der Waals surface area (Å²) in [7, 11) is 1.31. The van der Waals surface area contributed by atoms with E-state index < -0.39 is 5.97 Å². The monoisotopic (exact) mass is 239 g/mol. The third-order valence-electron chi connectivity index (χ3n) is 2.32. The van der Waals surface area contributed by atoms with Crippen molar-refractivity contribution < 1.29 is 14.6 Å². The summed E-state index contributed by atoms with van der Waals surface area (Å²) in [5.41, 5.74) is 1.37. The van der Waals surface area contributed by atoms with Gasteiger partial charge < -0.3 is 9.84 Å². The van der Waals surface area contributed by atoms with Gasteiger partial charge in [-0.25, -0.2) is 4.79 Å². The Labute approximate surface area is 103 Å². The average molecular weight is 239 g/mol. The standard InChI is InChI=1S/C13H21NO3/c1-11(7-5-4-6-10-15)8-9-12(14-2)13(16)17-3/h8-9,15H,2,4-7,10H2,1,3H3/b11-8+,12-9-. The number of aliphatic hydroxyl groups is 1. The molecular formula is C13H21NO3. The van der Waals surface area contributed by atoms with E-state index >= 15 is 0 Å². The number of hydrogen-bond acceptors (Lipinski definition) is 4. The number of esters is 1. The van der Waals surface area contributed by atoms with Gasteiger partial charge in [0, 0.05) is 6.61 Å². The van der Waals surface area contributed by atoms with Crippen molar-refractivity contribution in [3.63, 3.8) is 0 Å². The molecule has 0 bridgehead atoms. The number of hydrogen-bond donors (Lipinski definition) is 1. The molecular weight excluding hydrogens is 218 g/mol. The highest BCUT2D eigenvalue weighted by Gasteiger charge is 2.04. The quantitative estimate of drug-likeness (QED) is 0.232. The first-order chi connectivity index (χ1) is 8.15. The fourth-order valence-electron chi connectivity index (χ4n) is 1.29. The highest BCUT2D eigenvalue weighted by molar-refractivity contribution is 5.89. The minimum atomic E-state index is -0.482. The van der Waals surface area contributed by atoms with Crippen LogP contribution in [-0.4, -0.2) is 31.5 Å². The first kappa shape index (κ1) is 15.6. The second kappa shape index (κ2) is 9.78. The first-order valence-electron chi connectivity index (χ1n) is 5.69. The van der Waals surface area contributed by atoms with E-state index in [9.17, 15) is 4.79 Å². The van der Waals surface area contributed by atoms with E-state index in [1.807, 2.05) is 13.0 Å². The van der Waals surface area contributed by atoms with Crippen LogP contribution in [-0.2, 0) is 9.53 Å². The lowest BCUT2D eigenvalue weighted by Gasteiger charge is -2.00. The summed E-state index contributed by atoms with van der Waals surface area (Å²) in [6.07, 6.45) is 7.29. The lowest BCUT2D eigenvalue weighted by Crippen LogP contribution is -2.01. The first-order valence-corrected chi connectivity index (χ1v) is 5.69. The van der Waals surface area contributed by atoms with Crippen LogP contribution in [0.25, 0.3) is 0 Å². The molecule has 0 atom stereocenters. The molecule has 0 aliphatic rings. The van der Waals surface area contributed by atoms with Crippen molar-refractivity contribution in [3.8, 4) is 0 Å². The van der Waals surface area contributed by atoms with Gasteiger partial charge in [0.1, 0.15) is 5.70 Å². The third-order valence-corrected chi connectivity index (χ3v) is 2.32. The van der Waals surface area contributed by atoms with E-state index in [1.165, 1.54) is 7.11 Å². The molecule has 0 aromatic heterocycles. The molecule has 4 heteroatoms. The number of rotatable bonds is 8. The van der Waals surface area contributed by atoms with Crippen molar-refractivity contribution in [1.82, 2.24) is 0 Å². The Balaban J connectivity index is 4.22. The Morgan fingerprint density at radius 2 is 2.06 bits per heavy atom. The van der Waals surface area contributed by atoms with Crippen LogP contribution in [0.4, 0.5) is 0 Å². The topological polar surface area (TPSA) is 58.9 Å². The highest BCUT2D eigenvalue weighted by atomic mass is 16.5. The molecule has 4 nitrogen and oxygen atoms in total. The number of methoxy groups -OCH3 is 1. The predicted octanol–water partition coefficient (Wildman–Crippen LogP) is 2.24. The normalized spacial score (nSPS) is 12.4. The van der Waals surface area contributed by atoms with E-state index in [1.54, 1.807) is 6.08 Å². The van der Waals surface area contributed by atoms with Crippen LogP contribution in [0, 0.1) is 0 Å². The van der Waals surface area contributed by atoms with Gasteiger partial charge in [0.2, 0.25) is 0 Å². The Hall–Kier alpha value is -1.42. The zero-order chi connectivity index (χ0) is 13.1. The Morgan fingerprint density at radius 3 is 2.59 bits per heavy atom. The van der Waals surface area contributed by atoms with Crippen LogP contribution in [0.15, 0.2) is 28.4 Å². The number of aliphatic hydroxyl groups excluding tert-OH is 1. The van der Waals surface area contributed by atoms with Crippen molar-refractivity contribution >= 4 is 12.7 Å². The Morgan fingerprint density at radius 1 is 1.35 bits per heavy atom. The van der Waals surface area contributed by atoms with Crippen LogP contribution in [0.1, 0.15) is 32.6 Å². The number of unbranched alkanes of at least 4 members (excludes halogenated alkanes) is 2. The van der Waals surface area contributed by atoms with Crippen molar-refractivity contribution in [2.45, 2.75) is 32.6 Å². The van der Waals surface area contributed by atoms with Gasteiger partial charge >= 0.3 is 5.97 Å². The van der Waals surface area contributed by atoms with Gasteiger partial charge in [-0.05, 0) is 39.0 Å². The van der Waals surface area contributed by atoms with Crippen molar-refractivity contribution in [2.24, 2.45) is 4.99 Å². The Kier molecular flexibility index (Phi) is 8.96. The summed E-state index contributed by atoms with van der Waals surface area (Å²) in [5.74, 6) is -0.482. The van der Waals surface area contributed by atoms with Crippen molar-refractivity contribution in [2.75, 3.05) is 13.7 Å². The molecule has 0 aromatic rings. The maximum atomic E-state index is 11.2. The molecule has 0 spiro atoms. The minimum Gasteiger partial charge on any atom is -0.464 e. The largest absolute Gasteiger partial charge is 0.464 e. The van der Waals surface area contributed by atoms with Crippen LogP contribution in [0.5, 0.6) is 0 Å². The molecule has 0 unspecified atom stereocenters. The van der Waals surface area contributed by atoms with E-state index in [0.717, 1.165) is 31.3 Å². The van der Waals surface area contributed by atoms with Gasteiger partial charge in [0.25, 0.3) is 0 Å². The molecule has 0 saturated carbocycles. The van der Waals surface area contributed by atoms with Crippen molar-refractivity contribution in [1.29, 1.82) is 0 Å². The molecule has 0 saturated heterocycles. The number of nitrogens with zero attached hydrogens (tertiary/aromatic N) is 1. The zero-order valence-corrected chi connectivity index (χ0v) is 10.6. The molecule has 0 heterocycles. The lowest BCUT2D eigenvalue weighted by molar-refractivity contribution is -0.136. The molecule has 0 aliphatic carbocycles. The summed E-state index contributed by atoms with van der Waals surface area (Å²) >= 11 is 0. The zero-order valence-electron chi connectivity index (χ0n) is 10.6. The maximum absolute atomic E-state index is 11.2. The molecule has 1 N–H and O–H groups in total. The minimum absolute atomic E-state index is 0.210. The van der Waals surface area contributed by atoms with Crippen LogP contribution >= 0.6 is 0 Å². The van der Waals surface area contributed by atoms with Crippen LogP contribution in [0.2, 0.25) is 0 Å². The molecule has 0 amide bonds. The fourth-order valence-corrected chi connectivity index (χ4v) is 1.29. The van der Waals surface area contributed by atoms with Crippen LogP contribution in [0.3, 0.4) is 0 Å². The van der Waals surface area contributed by atoms with Crippen molar-refractivity contribution in [3.05, 3.63) is 23.4 Å². The number of carbonyl (C=O) groups is 1. The average Bonchev–Trinajstić information content (AvgIpc) is 2.35. The number of ether oxygens (including phenoxy) is 1. The van der Waals surface area contributed by atoms with E-state index in [4.69, 9.17) is 5.11 Å². The molecule has 0 fully saturated rings. The third kappa shape index (κ3) is 7.47. The second-order valence-corrected chi connectivity index (χ2v) is 3.75. The van der Waals surface area contributed by atoms with Crippen LogP contribution < -0.4 is 0 Å². The highest BCUT2D eigenvalue weighted by Crippen LogP contribution is 2.09. The fraction of sp³-hybridized carbons (Fsp3) is 0.538. The molecule has 0 rings (SSSR count). The predicted molar refractivity (Wildman–Crippen MR) is 69.0 cm³/mol. The second-order valence-electron chi connectivity index (χ2n) is 3.75. The molecule has 0 aromatic carbocycles. The maximum Gasteiger partial charge on any atom is 0.356 e. The number of allylic oxidation sites excluding steroid dienone is 3. The smallest absolute Gasteiger partial charge is 0.356 e. The summed E-state index contributed by atoms with van der Waals surface area (Å²) < 4.78 is 4.55. The van der Waals surface area contributed by atoms with Gasteiger partial charge in [-0.2, -0.15) is 0 Å². The van der Waals surface area contributed by atoms with Gasteiger partial charge in [-0.1, -0.05) is 18.1 Å². The van der Waals surface area contributed by atoms with E-state index in [-0.39, 0.29) is 12.3 Å². The summed E-state index contributed by atoms with van der Waals surface area (Å²) in [4.78, 5) is 14.8. The van der Waals surface area contributed by atoms with Gasteiger partial charge in [-0.15, -0.1) is 0 Å². The molecule has 17 heavy (non-hydrogen) atoms. The Bertz CT molecular complexity index is 306. The SMILES string of the molecule is C=N/C(=C\C=C(/C)CCCCCO)C(=O)OC. The molecule has 0 aliphatic heterocycles. The van der Waals surface area contributed by atoms with Gasteiger partial charge in [0.05, 0.1) is 7.11 Å². The lowest BCUT2D eigenvalue weighted by atomic mass is 10.1. The number of carbonyl (C=O) groups excluding carboxylic acids is 1. The number of aliphatic imine (C=N–C) groups is 1. The summed E-state index contributed by atoms with van der Waals surface area (Å²) in [5, 5.41) is 8.63.